The number of nitrogens with zero attached hydrogens (tertiary/aromatic N) is 1. The summed E-state index contributed by atoms with van der Waals surface area (Å²) in [5.74, 6) is 0. The first-order valence-electron chi connectivity index (χ1n) is 5.54. The second kappa shape index (κ2) is 4.83. The van der Waals surface area contributed by atoms with Crippen LogP contribution in [0.1, 0.15) is 18.2 Å². The Morgan fingerprint density at radius 3 is 2.71 bits per heavy atom. The second-order valence-corrected chi connectivity index (χ2v) is 5.33. The summed E-state index contributed by atoms with van der Waals surface area (Å²) in [5.41, 5.74) is 4.17. The van der Waals surface area contributed by atoms with E-state index in [1.807, 2.05) is 13.0 Å². The first kappa shape index (κ1) is 12.7. The van der Waals surface area contributed by atoms with Gasteiger partial charge in [0.15, 0.2) is 0 Å². The van der Waals surface area contributed by atoms with E-state index in [4.69, 9.17) is 11.6 Å². The minimum absolute atomic E-state index is 0.677. The monoisotopic (exact) mass is 312 g/mol. The molecule has 2 nitrogen and oxygen atoms in total. The molecule has 0 saturated heterocycles. The van der Waals surface area contributed by atoms with Gasteiger partial charge in [0, 0.05) is 27.8 Å². The Morgan fingerprint density at radius 2 is 2.06 bits per heavy atom. The van der Waals surface area contributed by atoms with Crippen molar-refractivity contribution in [2.24, 2.45) is 0 Å². The molecule has 0 saturated carbocycles. The highest BCUT2D eigenvalue weighted by Gasteiger charge is 2.11. The molecule has 0 radical (unpaired) electrons. The highest BCUT2D eigenvalue weighted by atomic mass is 79.9. The Bertz CT molecular complexity index is 581. The van der Waals surface area contributed by atoms with Gasteiger partial charge < -0.3 is 5.32 Å². The number of hydrogen-bond acceptors (Lipinski definition) is 2. The smallest absolute Gasteiger partial charge is 0.0913 e. The van der Waals surface area contributed by atoms with Crippen LogP contribution >= 0.6 is 27.5 Å². The van der Waals surface area contributed by atoms with Crippen molar-refractivity contribution in [3.8, 4) is 0 Å². The third-order valence-electron chi connectivity index (χ3n) is 2.85. The largest absolute Gasteiger partial charge is 0.385 e. The van der Waals surface area contributed by atoms with Gasteiger partial charge in [-0.2, -0.15) is 0 Å². The maximum Gasteiger partial charge on any atom is 0.0913 e. The van der Waals surface area contributed by atoms with Crippen molar-refractivity contribution in [3.05, 3.63) is 32.9 Å². The number of fused-ring (bicyclic) bond motifs is 1. The Kier molecular flexibility index (Phi) is 3.59. The summed E-state index contributed by atoms with van der Waals surface area (Å²) in [6.07, 6.45) is 0. The van der Waals surface area contributed by atoms with E-state index in [1.165, 1.54) is 5.56 Å². The lowest BCUT2D eigenvalue weighted by Gasteiger charge is -2.14. The molecule has 17 heavy (non-hydrogen) atoms. The number of pyridine rings is 1. The number of halogens is 2. The van der Waals surface area contributed by atoms with Crippen molar-refractivity contribution in [2.45, 2.75) is 20.8 Å². The summed E-state index contributed by atoms with van der Waals surface area (Å²) in [5, 5.41) is 5.14. The summed E-state index contributed by atoms with van der Waals surface area (Å²) in [7, 11) is 0. The molecule has 0 bridgehead atoms. The number of aromatic nitrogens is 1. The standard InChI is InChI=1S/C13H14BrClN2/c1-4-16-12-7(2)8(3)17-13-10(12)5-9(14)6-11(13)15/h5-6H,4H2,1-3H3,(H,16,17). The van der Waals surface area contributed by atoms with Crippen LogP contribution in [0.5, 0.6) is 0 Å². The Hall–Kier alpha value is -0.800. The lowest BCUT2D eigenvalue weighted by molar-refractivity contribution is 1.15. The SMILES string of the molecule is CCNc1c(C)c(C)nc2c(Cl)cc(Br)cc12. The van der Waals surface area contributed by atoms with Gasteiger partial charge in [-0.15, -0.1) is 0 Å². The van der Waals surface area contributed by atoms with Gasteiger partial charge in [0.25, 0.3) is 0 Å². The van der Waals surface area contributed by atoms with E-state index in [2.05, 4.69) is 46.1 Å². The first-order chi connectivity index (χ1) is 8.04. The fourth-order valence-corrected chi connectivity index (χ4v) is 2.76. The number of nitrogens with one attached hydrogen (secondary N) is 1. The summed E-state index contributed by atoms with van der Waals surface area (Å²) in [6.45, 7) is 7.05. The molecule has 0 atom stereocenters. The van der Waals surface area contributed by atoms with Crippen molar-refractivity contribution < 1.29 is 0 Å². The zero-order valence-corrected chi connectivity index (χ0v) is 12.4. The molecule has 1 N–H and O–H groups in total. The lowest BCUT2D eigenvalue weighted by Crippen LogP contribution is -2.03. The van der Waals surface area contributed by atoms with E-state index < -0.39 is 0 Å². The molecule has 1 aromatic heterocycles. The maximum absolute atomic E-state index is 6.24. The molecule has 0 amide bonds. The van der Waals surface area contributed by atoms with Gasteiger partial charge >= 0.3 is 0 Å². The van der Waals surface area contributed by atoms with Gasteiger partial charge in [-0.3, -0.25) is 4.98 Å². The number of rotatable bonds is 2. The van der Waals surface area contributed by atoms with E-state index in [-0.39, 0.29) is 0 Å². The van der Waals surface area contributed by atoms with Gasteiger partial charge in [0.2, 0.25) is 0 Å². The molecule has 1 aromatic carbocycles. The van der Waals surface area contributed by atoms with Crippen molar-refractivity contribution >= 4 is 44.1 Å². The molecular weight excluding hydrogens is 300 g/mol. The minimum atomic E-state index is 0.677. The van der Waals surface area contributed by atoms with Crippen molar-refractivity contribution in [1.29, 1.82) is 0 Å². The van der Waals surface area contributed by atoms with Gasteiger partial charge in [-0.05, 0) is 38.5 Å². The van der Waals surface area contributed by atoms with E-state index in [9.17, 15) is 0 Å². The second-order valence-electron chi connectivity index (χ2n) is 4.01. The third-order valence-corrected chi connectivity index (χ3v) is 3.59. The fraction of sp³-hybridized carbons (Fsp3) is 0.308. The summed E-state index contributed by atoms with van der Waals surface area (Å²) < 4.78 is 0.971. The fourth-order valence-electron chi connectivity index (χ4n) is 1.91. The van der Waals surface area contributed by atoms with Crippen molar-refractivity contribution in [1.82, 2.24) is 4.98 Å². The van der Waals surface area contributed by atoms with E-state index in [0.29, 0.717) is 5.02 Å². The average Bonchev–Trinajstić information content (AvgIpc) is 2.26. The van der Waals surface area contributed by atoms with Crippen LogP contribution in [-0.2, 0) is 0 Å². The van der Waals surface area contributed by atoms with Gasteiger partial charge in [-0.1, -0.05) is 27.5 Å². The predicted molar refractivity (Wildman–Crippen MR) is 78.1 cm³/mol. The van der Waals surface area contributed by atoms with Crippen LogP contribution in [-0.4, -0.2) is 11.5 Å². The van der Waals surface area contributed by atoms with Crippen LogP contribution in [0.2, 0.25) is 5.02 Å². The highest BCUT2D eigenvalue weighted by Crippen LogP contribution is 2.34. The number of anilines is 1. The molecule has 0 unspecified atom stereocenters. The van der Waals surface area contributed by atoms with Crippen LogP contribution < -0.4 is 5.32 Å². The zero-order valence-electron chi connectivity index (χ0n) is 10.1. The van der Waals surface area contributed by atoms with Crippen LogP contribution in [0, 0.1) is 13.8 Å². The molecule has 90 valence electrons. The third kappa shape index (κ3) is 2.26. The number of benzene rings is 1. The molecule has 0 fully saturated rings. The molecule has 1 heterocycles. The van der Waals surface area contributed by atoms with Crippen LogP contribution in [0.3, 0.4) is 0 Å². The average molecular weight is 314 g/mol. The normalized spacial score (nSPS) is 10.9. The van der Waals surface area contributed by atoms with Crippen molar-refractivity contribution in [2.75, 3.05) is 11.9 Å². The van der Waals surface area contributed by atoms with Crippen molar-refractivity contribution in [3.63, 3.8) is 0 Å². The molecule has 2 aromatic rings. The maximum atomic E-state index is 6.24. The van der Waals surface area contributed by atoms with Gasteiger partial charge in [-0.25, -0.2) is 0 Å². The topological polar surface area (TPSA) is 24.9 Å². The minimum Gasteiger partial charge on any atom is -0.385 e. The summed E-state index contributed by atoms with van der Waals surface area (Å²) in [6, 6.07) is 3.93. The molecule has 0 spiro atoms. The summed E-state index contributed by atoms with van der Waals surface area (Å²) >= 11 is 9.71. The van der Waals surface area contributed by atoms with Gasteiger partial charge in [0.05, 0.1) is 10.5 Å². The van der Waals surface area contributed by atoms with Crippen LogP contribution in [0.25, 0.3) is 10.9 Å². The Balaban J connectivity index is 2.87. The quantitative estimate of drug-likeness (QED) is 0.869. The molecule has 4 heteroatoms. The zero-order chi connectivity index (χ0) is 12.6. The van der Waals surface area contributed by atoms with E-state index in [0.717, 1.165) is 33.3 Å². The van der Waals surface area contributed by atoms with Crippen LogP contribution in [0.15, 0.2) is 16.6 Å². The van der Waals surface area contributed by atoms with Gasteiger partial charge in [0.1, 0.15) is 0 Å². The van der Waals surface area contributed by atoms with E-state index in [1.54, 1.807) is 0 Å². The number of hydrogen-bond donors (Lipinski definition) is 1. The Morgan fingerprint density at radius 1 is 1.35 bits per heavy atom. The highest BCUT2D eigenvalue weighted by molar-refractivity contribution is 9.10. The molecular formula is C13H14BrClN2. The molecule has 2 rings (SSSR count). The lowest BCUT2D eigenvalue weighted by atomic mass is 10.1. The molecule has 0 aliphatic carbocycles. The Labute approximate surface area is 115 Å². The first-order valence-corrected chi connectivity index (χ1v) is 6.71. The number of aryl methyl sites for hydroxylation is 1. The van der Waals surface area contributed by atoms with Crippen LogP contribution in [0.4, 0.5) is 5.69 Å². The molecule has 0 aliphatic heterocycles. The summed E-state index contributed by atoms with van der Waals surface area (Å²) in [4.78, 5) is 4.57. The molecule has 0 aliphatic rings. The predicted octanol–water partition coefficient (Wildman–Crippen LogP) is 4.70. The van der Waals surface area contributed by atoms with E-state index >= 15 is 0 Å².